The summed E-state index contributed by atoms with van der Waals surface area (Å²) in [5.74, 6) is 0.778. The Morgan fingerprint density at radius 2 is 2.05 bits per heavy atom. The Hall–Kier alpha value is -2.20. The number of rotatable bonds is 3. The molecular formula is C16H17N3O. The van der Waals surface area contributed by atoms with E-state index in [9.17, 15) is 0 Å². The third-order valence-electron chi connectivity index (χ3n) is 3.16. The highest BCUT2D eigenvalue weighted by atomic mass is 16.3. The second-order valence-corrected chi connectivity index (χ2v) is 5.14. The largest absolute Gasteiger partial charge is 0.464 e. The molecule has 0 aliphatic rings. The van der Waals surface area contributed by atoms with Crippen LogP contribution in [-0.4, -0.2) is 16.0 Å². The van der Waals surface area contributed by atoms with Crippen molar-refractivity contribution in [3.8, 4) is 11.3 Å². The normalized spacial score (nSPS) is 12.8. The Balaban J connectivity index is 2.11. The Kier molecular flexibility index (Phi) is 3.24. The molecule has 0 aliphatic carbocycles. The SMILES string of the molecule is Cc1cc(-c2coc3ccccc23)nc(CC(C)N)n1. The Labute approximate surface area is 117 Å². The first-order chi connectivity index (χ1) is 9.63. The molecule has 3 rings (SSSR count). The lowest BCUT2D eigenvalue weighted by molar-refractivity contribution is 0.616. The summed E-state index contributed by atoms with van der Waals surface area (Å²) in [6, 6.07) is 9.97. The summed E-state index contributed by atoms with van der Waals surface area (Å²) in [6.07, 6.45) is 2.42. The van der Waals surface area contributed by atoms with Crippen LogP contribution in [0.2, 0.25) is 0 Å². The zero-order valence-corrected chi connectivity index (χ0v) is 11.6. The van der Waals surface area contributed by atoms with E-state index in [1.165, 1.54) is 0 Å². The monoisotopic (exact) mass is 267 g/mol. The van der Waals surface area contributed by atoms with Crippen LogP contribution >= 0.6 is 0 Å². The van der Waals surface area contributed by atoms with E-state index >= 15 is 0 Å². The van der Waals surface area contributed by atoms with E-state index in [2.05, 4.69) is 9.97 Å². The summed E-state index contributed by atoms with van der Waals surface area (Å²) >= 11 is 0. The number of furan rings is 1. The van der Waals surface area contributed by atoms with Crippen LogP contribution in [0.15, 0.2) is 41.0 Å². The fourth-order valence-corrected chi connectivity index (χ4v) is 2.32. The Morgan fingerprint density at radius 1 is 1.25 bits per heavy atom. The first-order valence-corrected chi connectivity index (χ1v) is 6.70. The number of nitrogens with zero attached hydrogens (tertiary/aromatic N) is 2. The number of aromatic nitrogens is 2. The average Bonchev–Trinajstić information content (AvgIpc) is 2.80. The van der Waals surface area contributed by atoms with Crippen molar-refractivity contribution in [2.45, 2.75) is 26.3 Å². The quantitative estimate of drug-likeness (QED) is 0.792. The summed E-state index contributed by atoms with van der Waals surface area (Å²) < 4.78 is 5.58. The minimum absolute atomic E-state index is 0.0470. The molecule has 2 N–H and O–H groups in total. The first kappa shape index (κ1) is 12.8. The van der Waals surface area contributed by atoms with Crippen LogP contribution in [0.25, 0.3) is 22.2 Å². The maximum atomic E-state index is 5.84. The molecule has 3 aromatic rings. The number of aryl methyl sites for hydroxylation is 1. The number of para-hydroxylation sites is 1. The molecule has 1 aromatic carbocycles. The zero-order valence-electron chi connectivity index (χ0n) is 11.6. The lowest BCUT2D eigenvalue weighted by Gasteiger charge is -2.07. The molecule has 0 fully saturated rings. The number of fused-ring (bicyclic) bond motifs is 1. The van der Waals surface area contributed by atoms with Gasteiger partial charge in [-0.25, -0.2) is 9.97 Å². The summed E-state index contributed by atoms with van der Waals surface area (Å²) in [7, 11) is 0. The van der Waals surface area contributed by atoms with Crippen LogP contribution in [0.1, 0.15) is 18.4 Å². The molecule has 1 atom stereocenters. The highest BCUT2D eigenvalue weighted by Crippen LogP contribution is 2.29. The fourth-order valence-electron chi connectivity index (χ4n) is 2.32. The number of benzene rings is 1. The Bertz CT molecular complexity index is 746. The van der Waals surface area contributed by atoms with Crippen molar-refractivity contribution in [2.24, 2.45) is 5.73 Å². The van der Waals surface area contributed by atoms with E-state index < -0.39 is 0 Å². The van der Waals surface area contributed by atoms with Gasteiger partial charge in [-0.05, 0) is 26.0 Å². The smallest absolute Gasteiger partial charge is 0.134 e. The fraction of sp³-hybridized carbons (Fsp3) is 0.250. The van der Waals surface area contributed by atoms with Crippen LogP contribution in [-0.2, 0) is 6.42 Å². The summed E-state index contributed by atoms with van der Waals surface area (Å²) in [6.45, 7) is 3.93. The van der Waals surface area contributed by atoms with Crippen LogP contribution in [0.3, 0.4) is 0 Å². The molecule has 0 saturated carbocycles. The van der Waals surface area contributed by atoms with E-state index in [4.69, 9.17) is 10.2 Å². The summed E-state index contributed by atoms with van der Waals surface area (Å²) in [5.41, 5.74) is 9.53. The molecule has 0 radical (unpaired) electrons. The number of hydrogen-bond acceptors (Lipinski definition) is 4. The van der Waals surface area contributed by atoms with Gasteiger partial charge in [-0.3, -0.25) is 0 Å². The van der Waals surface area contributed by atoms with Gasteiger partial charge in [0.15, 0.2) is 0 Å². The zero-order chi connectivity index (χ0) is 14.1. The van der Waals surface area contributed by atoms with Crippen molar-refractivity contribution in [3.05, 3.63) is 48.1 Å². The van der Waals surface area contributed by atoms with E-state index in [0.717, 1.165) is 33.7 Å². The lowest BCUT2D eigenvalue weighted by Crippen LogP contribution is -2.19. The average molecular weight is 267 g/mol. The highest BCUT2D eigenvalue weighted by Gasteiger charge is 2.11. The molecule has 4 heteroatoms. The molecule has 2 heterocycles. The molecule has 0 saturated heterocycles. The minimum Gasteiger partial charge on any atom is -0.464 e. The molecule has 0 spiro atoms. The maximum absolute atomic E-state index is 5.84. The van der Waals surface area contributed by atoms with Gasteiger partial charge in [0.2, 0.25) is 0 Å². The van der Waals surface area contributed by atoms with Gasteiger partial charge < -0.3 is 10.2 Å². The summed E-state index contributed by atoms with van der Waals surface area (Å²) in [5, 5.41) is 1.07. The molecule has 20 heavy (non-hydrogen) atoms. The number of hydrogen-bond donors (Lipinski definition) is 1. The lowest BCUT2D eigenvalue weighted by atomic mass is 10.1. The van der Waals surface area contributed by atoms with Crippen molar-refractivity contribution < 1.29 is 4.42 Å². The second kappa shape index (κ2) is 5.06. The molecule has 2 aromatic heterocycles. The van der Waals surface area contributed by atoms with Gasteiger partial charge in [0.25, 0.3) is 0 Å². The maximum Gasteiger partial charge on any atom is 0.134 e. The van der Waals surface area contributed by atoms with E-state index in [1.807, 2.05) is 44.2 Å². The third-order valence-corrected chi connectivity index (χ3v) is 3.16. The highest BCUT2D eigenvalue weighted by molar-refractivity contribution is 5.92. The van der Waals surface area contributed by atoms with Gasteiger partial charge in [0, 0.05) is 29.1 Å². The third kappa shape index (κ3) is 2.42. The van der Waals surface area contributed by atoms with Gasteiger partial charge in [-0.15, -0.1) is 0 Å². The van der Waals surface area contributed by atoms with Gasteiger partial charge in [-0.2, -0.15) is 0 Å². The molecule has 0 aliphatic heterocycles. The number of nitrogens with two attached hydrogens (primary N) is 1. The van der Waals surface area contributed by atoms with Crippen LogP contribution in [0, 0.1) is 6.92 Å². The van der Waals surface area contributed by atoms with Crippen LogP contribution < -0.4 is 5.73 Å². The van der Waals surface area contributed by atoms with Crippen LogP contribution in [0.4, 0.5) is 0 Å². The van der Waals surface area contributed by atoms with E-state index in [-0.39, 0.29) is 6.04 Å². The van der Waals surface area contributed by atoms with Crippen molar-refractivity contribution in [1.82, 2.24) is 9.97 Å². The first-order valence-electron chi connectivity index (χ1n) is 6.70. The molecule has 0 amide bonds. The summed E-state index contributed by atoms with van der Waals surface area (Å²) in [4.78, 5) is 9.06. The topological polar surface area (TPSA) is 64.9 Å². The van der Waals surface area contributed by atoms with Gasteiger partial charge in [0.1, 0.15) is 17.7 Å². The molecule has 4 nitrogen and oxygen atoms in total. The molecular weight excluding hydrogens is 250 g/mol. The van der Waals surface area contributed by atoms with E-state index in [1.54, 1.807) is 6.26 Å². The van der Waals surface area contributed by atoms with Crippen molar-refractivity contribution in [2.75, 3.05) is 0 Å². The van der Waals surface area contributed by atoms with Crippen molar-refractivity contribution in [1.29, 1.82) is 0 Å². The predicted octanol–water partition coefficient (Wildman–Crippen LogP) is 3.09. The van der Waals surface area contributed by atoms with Gasteiger partial charge >= 0.3 is 0 Å². The molecule has 1 unspecified atom stereocenters. The standard InChI is InChI=1S/C16H17N3O/c1-10(17)7-16-18-11(2)8-14(19-16)13-9-20-15-6-4-3-5-12(13)15/h3-6,8-10H,7,17H2,1-2H3. The van der Waals surface area contributed by atoms with Crippen molar-refractivity contribution in [3.63, 3.8) is 0 Å². The van der Waals surface area contributed by atoms with Gasteiger partial charge in [-0.1, -0.05) is 18.2 Å². The predicted molar refractivity (Wildman–Crippen MR) is 79.3 cm³/mol. The van der Waals surface area contributed by atoms with Crippen molar-refractivity contribution >= 4 is 11.0 Å². The minimum atomic E-state index is 0.0470. The molecule has 102 valence electrons. The molecule has 0 bridgehead atoms. The second-order valence-electron chi connectivity index (χ2n) is 5.14. The van der Waals surface area contributed by atoms with Gasteiger partial charge in [0.05, 0.1) is 5.69 Å². The van der Waals surface area contributed by atoms with Crippen LogP contribution in [0.5, 0.6) is 0 Å². The van der Waals surface area contributed by atoms with E-state index in [0.29, 0.717) is 6.42 Å². The Morgan fingerprint density at radius 3 is 2.85 bits per heavy atom.